The standard InChI is InChI=1S/C20H31F/c1-16(13-18-7-4-3-5-8-18)11-12-17(2)14-19-9-6-10-20(21)15-19/h6,9-10,15-18H,3-5,7-8,11-14H2,1-2H3. The molecule has 0 heterocycles. The van der Waals surface area contributed by atoms with Crippen molar-refractivity contribution in [1.29, 1.82) is 0 Å². The maximum absolute atomic E-state index is 13.2. The molecule has 0 aliphatic heterocycles. The molecule has 0 bridgehead atoms. The maximum atomic E-state index is 13.2. The molecule has 1 aromatic carbocycles. The molecule has 2 rings (SSSR count). The van der Waals surface area contributed by atoms with Gasteiger partial charge in [0.25, 0.3) is 0 Å². The molecule has 0 saturated heterocycles. The van der Waals surface area contributed by atoms with Crippen molar-refractivity contribution in [3.05, 3.63) is 35.6 Å². The van der Waals surface area contributed by atoms with E-state index in [1.165, 1.54) is 57.4 Å². The average Bonchev–Trinajstić information content (AvgIpc) is 2.46. The summed E-state index contributed by atoms with van der Waals surface area (Å²) in [5.41, 5.74) is 1.14. The van der Waals surface area contributed by atoms with E-state index in [1.807, 2.05) is 12.1 Å². The molecule has 1 saturated carbocycles. The molecule has 0 aromatic heterocycles. The molecule has 21 heavy (non-hydrogen) atoms. The largest absolute Gasteiger partial charge is 0.207 e. The van der Waals surface area contributed by atoms with Crippen LogP contribution in [0.1, 0.15) is 70.8 Å². The second-order valence-corrected chi connectivity index (χ2v) is 7.36. The van der Waals surface area contributed by atoms with Crippen molar-refractivity contribution >= 4 is 0 Å². The fourth-order valence-electron chi connectivity index (χ4n) is 3.85. The molecule has 0 amide bonds. The highest BCUT2D eigenvalue weighted by atomic mass is 19.1. The Labute approximate surface area is 130 Å². The molecule has 118 valence electrons. The molecule has 0 nitrogen and oxygen atoms in total. The van der Waals surface area contributed by atoms with Crippen molar-refractivity contribution in [2.45, 2.75) is 71.6 Å². The van der Waals surface area contributed by atoms with E-state index in [-0.39, 0.29) is 5.82 Å². The monoisotopic (exact) mass is 290 g/mol. The van der Waals surface area contributed by atoms with E-state index < -0.39 is 0 Å². The summed E-state index contributed by atoms with van der Waals surface area (Å²) in [4.78, 5) is 0. The zero-order chi connectivity index (χ0) is 15.1. The Morgan fingerprint density at radius 2 is 1.76 bits per heavy atom. The first-order chi connectivity index (χ1) is 10.1. The van der Waals surface area contributed by atoms with Crippen LogP contribution in [0.3, 0.4) is 0 Å². The first-order valence-corrected chi connectivity index (χ1v) is 8.88. The second kappa shape index (κ2) is 8.56. The number of benzene rings is 1. The molecule has 1 aromatic rings. The number of hydrogen-bond donors (Lipinski definition) is 0. The molecular formula is C20H31F. The van der Waals surface area contributed by atoms with Crippen molar-refractivity contribution in [3.8, 4) is 0 Å². The Hall–Kier alpha value is -0.850. The van der Waals surface area contributed by atoms with Gasteiger partial charge in [-0.25, -0.2) is 4.39 Å². The first-order valence-electron chi connectivity index (χ1n) is 8.88. The minimum Gasteiger partial charge on any atom is -0.207 e. The number of halogens is 1. The summed E-state index contributed by atoms with van der Waals surface area (Å²) in [5.74, 6) is 2.39. The summed E-state index contributed by atoms with van der Waals surface area (Å²) in [7, 11) is 0. The highest BCUT2D eigenvalue weighted by Gasteiger charge is 2.17. The van der Waals surface area contributed by atoms with E-state index in [1.54, 1.807) is 6.07 Å². The minimum absolute atomic E-state index is 0.106. The maximum Gasteiger partial charge on any atom is 0.123 e. The smallest absolute Gasteiger partial charge is 0.123 e. The predicted molar refractivity (Wildman–Crippen MR) is 88.9 cm³/mol. The molecule has 2 unspecified atom stereocenters. The quantitative estimate of drug-likeness (QED) is 0.545. The molecule has 2 atom stereocenters. The van der Waals surface area contributed by atoms with Crippen molar-refractivity contribution in [2.75, 3.05) is 0 Å². The Bertz CT molecular complexity index is 406. The number of hydrogen-bond acceptors (Lipinski definition) is 0. The third-order valence-corrected chi connectivity index (χ3v) is 5.09. The van der Waals surface area contributed by atoms with Crippen LogP contribution >= 0.6 is 0 Å². The molecule has 1 aliphatic carbocycles. The average molecular weight is 290 g/mol. The van der Waals surface area contributed by atoms with E-state index >= 15 is 0 Å². The molecule has 0 radical (unpaired) electrons. The molecule has 1 heteroatoms. The molecule has 0 N–H and O–H groups in total. The lowest BCUT2D eigenvalue weighted by atomic mass is 9.81. The van der Waals surface area contributed by atoms with Crippen LogP contribution in [0.5, 0.6) is 0 Å². The van der Waals surface area contributed by atoms with Crippen LogP contribution in [0.4, 0.5) is 4.39 Å². The van der Waals surface area contributed by atoms with Crippen LogP contribution < -0.4 is 0 Å². The van der Waals surface area contributed by atoms with Gasteiger partial charge in [0, 0.05) is 0 Å². The van der Waals surface area contributed by atoms with Gasteiger partial charge in [-0.3, -0.25) is 0 Å². The molecular weight excluding hydrogens is 259 g/mol. The third kappa shape index (κ3) is 6.20. The lowest BCUT2D eigenvalue weighted by molar-refractivity contribution is 0.280. The van der Waals surface area contributed by atoms with E-state index in [9.17, 15) is 4.39 Å². The van der Waals surface area contributed by atoms with Gasteiger partial charge in [0.05, 0.1) is 0 Å². The van der Waals surface area contributed by atoms with Gasteiger partial charge in [-0.2, -0.15) is 0 Å². The fourth-order valence-corrected chi connectivity index (χ4v) is 3.85. The van der Waals surface area contributed by atoms with Crippen LogP contribution in [-0.4, -0.2) is 0 Å². The van der Waals surface area contributed by atoms with Gasteiger partial charge in [0.15, 0.2) is 0 Å². The summed E-state index contributed by atoms with van der Waals surface area (Å²) in [6.45, 7) is 4.72. The zero-order valence-electron chi connectivity index (χ0n) is 13.8. The fraction of sp³-hybridized carbons (Fsp3) is 0.700. The van der Waals surface area contributed by atoms with E-state index in [4.69, 9.17) is 0 Å². The molecule has 1 aliphatic rings. The van der Waals surface area contributed by atoms with Crippen molar-refractivity contribution in [3.63, 3.8) is 0 Å². The zero-order valence-corrected chi connectivity index (χ0v) is 13.8. The van der Waals surface area contributed by atoms with Crippen molar-refractivity contribution in [2.24, 2.45) is 17.8 Å². The van der Waals surface area contributed by atoms with E-state index in [2.05, 4.69) is 13.8 Å². The van der Waals surface area contributed by atoms with Gasteiger partial charge >= 0.3 is 0 Å². The van der Waals surface area contributed by atoms with Gasteiger partial charge in [-0.1, -0.05) is 70.9 Å². The topological polar surface area (TPSA) is 0 Å². The molecule has 0 spiro atoms. The highest BCUT2D eigenvalue weighted by molar-refractivity contribution is 5.16. The van der Waals surface area contributed by atoms with Crippen molar-refractivity contribution in [1.82, 2.24) is 0 Å². The van der Waals surface area contributed by atoms with Crippen LogP contribution in [0.15, 0.2) is 24.3 Å². The van der Waals surface area contributed by atoms with E-state index in [0.29, 0.717) is 5.92 Å². The van der Waals surface area contributed by atoms with Gasteiger partial charge in [0.2, 0.25) is 0 Å². The van der Waals surface area contributed by atoms with Crippen molar-refractivity contribution < 1.29 is 4.39 Å². The van der Waals surface area contributed by atoms with Crippen LogP contribution in [-0.2, 0) is 6.42 Å². The summed E-state index contributed by atoms with van der Waals surface area (Å²) in [6, 6.07) is 7.08. The Morgan fingerprint density at radius 1 is 1.05 bits per heavy atom. The van der Waals surface area contributed by atoms with Crippen LogP contribution in [0.25, 0.3) is 0 Å². The van der Waals surface area contributed by atoms with Gasteiger partial charge in [-0.05, 0) is 48.3 Å². The SMILES string of the molecule is CC(CCC(C)CC1CCCCC1)Cc1cccc(F)c1. The van der Waals surface area contributed by atoms with Gasteiger partial charge in [-0.15, -0.1) is 0 Å². The summed E-state index contributed by atoms with van der Waals surface area (Å²) < 4.78 is 13.2. The highest BCUT2D eigenvalue weighted by Crippen LogP contribution is 2.31. The lowest BCUT2D eigenvalue weighted by Crippen LogP contribution is -2.11. The minimum atomic E-state index is -0.106. The summed E-state index contributed by atoms with van der Waals surface area (Å²) in [6.07, 6.45) is 12.3. The lowest BCUT2D eigenvalue weighted by Gasteiger charge is -2.25. The van der Waals surface area contributed by atoms with Gasteiger partial charge in [0.1, 0.15) is 5.82 Å². The normalized spacial score (nSPS) is 19.4. The Kier molecular flexibility index (Phi) is 6.73. The predicted octanol–water partition coefficient (Wildman–Crippen LogP) is 6.39. The van der Waals surface area contributed by atoms with Gasteiger partial charge < -0.3 is 0 Å². The second-order valence-electron chi connectivity index (χ2n) is 7.36. The number of rotatable bonds is 7. The first kappa shape index (κ1) is 16.5. The third-order valence-electron chi connectivity index (χ3n) is 5.09. The summed E-state index contributed by atoms with van der Waals surface area (Å²) >= 11 is 0. The Morgan fingerprint density at radius 3 is 2.48 bits per heavy atom. The van der Waals surface area contributed by atoms with E-state index in [0.717, 1.165) is 23.8 Å². The molecule has 1 fully saturated rings. The summed E-state index contributed by atoms with van der Waals surface area (Å²) in [5, 5.41) is 0. The Balaban J connectivity index is 1.66. The van der Waals surface area contributed by atoms with Crippen LogP contribution in [0.2, 0.25) is 0 Å². The van der Waals surface area contributed by atoms with Crippen LogP contribution in [0, 0.1) is 23.6 Å².